The molecule has 1 fully saturated rings. The van der Waals surface area contributed by atoms with E-state index in [2.05, 4.69) is 0 Å². The molecule has 1 aliphatic rings. The lowest BCUT2D eigenvalue weighted by atomic mass is 10.1. The summed E-state index contributed by atoms with van der Waals surface area (Å²) in [4.78, 5) is 24.6. The van der Waals surface area contributed by atoms with E-state index in [1.54, 1.807) is 6.07 Å². The highest BCUT2D eigenvalue weighted by atomic mass is 35.5. The molecule has 0 radical (unpaired) electrons. The molecule has 5 nitrogen and oxygen atoms in total. The van der Waals surface area contributed by atoms with Crippen molar-refractivity contribution >= 4 is 23.5 Å². The molecule has 0 heterocycles. The smallest absolute Gasteiger partial charge is 0.323 e. The Hall–Kier alpha value is -1.59. The molecule has 0 bridgehead atoms. The summed E-state index contributed by atoms with van der Waals surface area (Å²) >= 11 is 6.14. The van der Waals surface area contributed by atoms with Crippen LogP contribution >= 0.6 is 11.6 Å². The lowest BCUT2D eigenvalue weighted by Crippen LogP contribution is -2.39. The van der Waals surface area contributed by atoms with Gasteiger partial charge in [-0.15, -0.1) is 0 Å². The number of carboxylic acids is 1. The quantitative estimate of drug-likeness (QED) is 0.836. The van der Waals surface area contributed by atoms with Crippen LogP contribution in [0.2, 0.25) is 5.02 Å². The number of amides is 1. The lowest BCUT2D eigenvalue weighted by molar-refractivity contribution is -0.145. The van der Waals surface area contributed by atoms with Crippen LogP contribution in [0, 0.1) is 5.92 Å². The number of halogens is 1. The summed E-state index contributed by atoms with van der Waals surface area (Å²) < 4.78 is 4.93. The van der Waals surface area contributed by atoms with Crippen LogP contribution in [-0.2, 0) is 14.3 Å². The van der Waals surface area contributed by atoms with Gasteiger partial charge in [-0.2, -0.15) is 0 Å². The first-order chi connectivity index (χ1) is 10.0. The second kappa shape index (κ2) is 6.91. The first-order valence-corrected chi connectivity index (χ1v) is 7.16. The molecule has 1 aromatic carbocycles. The van der Waals surface area contributed by atoms with Gasteiger partial charge in [0.1, 0.15) is 6.54 Å². The van der Waals surface area contributed by atoms with Crippen LogP contribution in [0.25, 0.3) is 0 Å². The first kappa shape index (κ1) is 15.8. The lowest BCUT2D eigenvalue weighted by Gasteiger charge is -2.20. The standard InChI is InChI=1S/C15H18ClNO4/c1-21-7-6-17(9-14(18)19)15(20)12-8-11(12)10-4-2-3-5-13(10)16/h2-5,11-12H,6-9H2,1H3,(H,18,19). The van der Waals surface area contributed by atoms with Crippen LogP contribution in [0.3, 0.4) is 0 Å². The van der Waals surface area contributed by atoms with Gasteiger partial charge in [0.15, 0.2) is 0 Å². The van der Waals surface area contributed by atoms with Gasteiger partial charge in [0.2, 0.25) is 5.91 Å². The molecular formula is C15H18ClNO4. The number of methoxy groups -OCH3 is 1. The number of carbonyl (C=O) groups excluding carboxylic acids is 1. The third-order valence-electron chi connectivity index (χ3n) is 3.62. The zero-order valence-corrected chi connectivity index (χ0v) is 12.5. The molecule has 1 amide bonds. The first-order valence-electron chi connectivity index (χ1n) is 6.78. The minimum Gasteiger partial charge on any atom is -0.480 e. The van der Waals surface area contributed by atoms with Gasteiger partial charge in [0.25, 0.3) is 0 Å². The van der Waals surface area contributed by atoms with Gasteiger partial charge >= 0.3 is 5.97 Å². The summed E-state index contributed by atoms with van der Waals surface area (Å²) in [6.07, 6.45) is 0.714. The molecule has 2 unspecified atom stereocenters. The van der Waals surface area contributed by atoms with Gasteiger partial charge in [-0.05, 0) is 24.0 Å². The van der Waals surface area contributed by atoms with Crippen molar-refractivity contribution in [3.05, 3.63) is 34.9 Å². The normalized spacial score (nSPS) is 20.1. The molecule has 1 aliphatic carbocycles. The summed E-state index contributed by atoms with van der Waals surface area (Å²) in [5, 5.41) is 9.56. The zero-order valence-electron chi connectivity index (χ0n) is 11.8. The number of aliphatic carboxylic acids is 1. The molecule has 21 heavy (non-hydrogen) atoms. The zero-order chi connectivity index (χ0) is 15.4. The molecule has 2 atom stereocenters. The molecule has 1 saturated carbocycles. The van der Waals surface area contributed by atoms with Crippen LogP contribution in [0.1, 0.15) is 17.9 Å². The van der Waals surface area contributed by atoms with E-state index in [0.29, 0.717) is 18.1 Å². The summed E-state index contributed by atoms with van der Waals surface area (Å²) in [6.45, 7) is 0.309. The second-order valence-corrected chi connectivity index (χ2v) is 5.52. The third kappa shape index (κ3) is 3.95. The van der Waals surface area contributed by atoms with Crippen molar-refractivity contribution in [2.24, 2.45) is 5.92 Å². The Morgan fingerprint density at radius 3 is 2.76 bits per heavy atom. The fourth-order valence-corrected chi connectivity index (χ4v) is 2.73. The third-order valence-corrected chi connectivity index (χ3v) is 3.96. The number of nitrogens with zero attached hydrogens (tertiary/aromatic N) is 1. The van der Waals surface area contributed by atoms with Crippen LogP contribution in [0.15, 0.2) is 24.3 Å². The topological polar surface area (TPSA) is 66.8 Å². The highest BCUT2D eigenvalue weighted by molar-refractivity contribution is 6.31. The van der Waals surface area contributed by atoms with Gasteiger partial charge in [0.05, 0.1) is 6.61 Å². The van der Waals surface area contributed by atoms with E-state index in [-0.39, 0.29) is 30.8 Å². The molecule has 0 spiro atoms. The van der Waals surface area contributed by atoms with Crippen molar-refractivity contribution in [2.45, 2.75) is 12.3 Å². The average Bonchev–Trinajstić information content (AvgIpc) is 3.23. The van der Waals surface area contributed by atoms with Crippen LogP contribution in [0.5, 0.6) is 0 Å². The van der Waals surface area contributed by atoms with Crippen LogP contribution in [-0.4, -0.2) is 48.7 Å². The molecule has 6 heteroatoms. The van der Waals surface area contributed by atoms with E-state index in [1.165, 1.54) is 12.0 Å². The van der Waals surface area contributed by atoms with Crippen molar-refractivity contribution < 1.29 is 19.4 Å². The minimum absolute atomic E-state index is 0.0880. The van der Waals surface area contributed by atoms with Gasteiger partial charge in [-0.3, -0.25) is 9.59 Å². The summed E-state index contributed by atoms with van der Waals surface area (Å²) in [5.41, 5.74) is 0.958. The van der Waals surface area contributed by atoms with Gasteiger partial charge in [-0.25, -0.2) is 0 Å². The Morgan fingerprint density at radius 1 is 1.43 bits per heavy atom. The fraction of sp³-hybridized carbons (Fsp3) is 0.467. The van der Waals surface area contributed by atoms with Gasteiger partial charge in [0, 0.05) is 24.6 Å². The maximum atomic E-state index is 12.4. The van der Waals surface area contributed by atoms with E-state index >= 15 is 0 Å². The number of ether oxygens (including phenoxy) is 1. The van der Waals surface area contributed by atoms with E-state index in [9.17, 15) is 9.59 Å². The number of hydrogen-bond acceptors (Lipinski definition) is 3. The predicted octanol–water partition coefficient (Wildman–Crippen LogP) is 2.00. The monoisotopic (exact) mass is 311 g/mol. The largest absolute Gasteiger partial charge is 0.480 e. The van der Waals surface area contributed by atoms with Crippen molar-refractivity contribution in [2.75, 3.05) is 26.8 Å². The molecular weight excluding hydrogens is 294 g/mol. The highest BCUT2D eigenvalue weighted by Crippen LogP contribution is 2.50. The molecule has 2 rings (SSSR count). The number of rotatable bonds is 7. The molecule has 1 aromatic rings. The molecule has 0 aliphatic heterocycles. The number of carbonyl (C=O) groups is 2. The Balaban J connectivity index is 2.02. The number of carboxylic acid groups (broad SMARTS) is 1. The molecule has 114 valence electrons. The fourth-order valence-electron chi connectivity index (χ4n) is 2.45. The van der Waals surface area contributed by atoms with Crippen molar-refractivity contribution in [1.29, 1.82) is 0 Å². The van der Waals surface area contributed by atoms with Crippen molar-refractivity contribution in [3.63, 3.8) is 0 Å². The average molecular weight is 312 g/mol. The Bertz CT molecular complexity index is 534. The van der Waals surface area contributed by atoms with E-state index < -0.39 is 5.97 Å². The summed E-state index contributed by atoms with van der Waals surface area (Å²) in [7, 11) is 1.52. The molecule has 0 saturated heterocycles. The van der Waals surface area contributed by atoms with Gasteiger partial charge < -0.3 is 14.7 Å². The second-order valence-electron chi connectivity index (χ2n) is 5.12. The van der Waals surface area contributed by atoms with Crippen LogP contribution < -0.4 is 0 Å². The van der Waals surface area contributed by atoms with Gasteiger partial charge in [-0.1, -0.05) is 29.8 Å². The maximum absolute atomic E-state index is 12.4. The van der Waals surface area contributed by atoms with E-state index in [0.717, 1.165) is 5.56 Å². The van der Waals surface area contributed by atoms with Crippen molar-refractivity contribution in [1.82, 2.24) is 4.90 Å². The molecule has 1 N–H and O–H groups in total. The Labute approximate surface area is 128 Å². The molecule has 0 aromatic heterocycles. The maximum Gasteiger partial charge on any atom is 0.323 e. The number of benzene rings is 1. The SMILES string of the molecule is COCCN(CC(=O)O)C(=O)C1CC1c1ccccc1Cl. The summed E-state index contributed by atoms with van der Waals surface area (Å²) in [6, 6.07) is 7.45. The van der Waals surface area contributed by atoms with E-state index in [1.807, 2.05) is 18.2 Å². The minimum atomic E-state index is -1.02. The number of hydrogen-bond donors (Lipinski definition) is 1. The Kier molecular flexibility index (Phi) is 5.20. The van der Waals surface area contributed by atoms with Crippen molar-refractivity contribution in [3.8, 4) is 0 Å². The predicted molar refractivity (Wildman–Crippen MR) is 78.4 cm³/mol. The van der Waals surface area contributed by atoms with Crippen LogP contribution in [0.4, 0.5) is 0 Å². The summed E-state index contributed by atoms with van der Waals surface area (Å²) in [5.74, 6) is -1.25. The Morgan fingerprint density at radius 2 is 2.14 bits per heavy atom. The van der Waals surface area contributed by atoms with E-state index in [4.69, 9.17) is 21.4 Å². The highest BCUT2D eigenvalue weighted by Gasteiger charge is 2.46.